The first-order chi connectivity index (χ1) is 8.97. The number of phenols is 1. The van der Waals surface area contributed by atoms with Crippen molar-refractivity contribution in [3.8, 4) is 5.75 Å². The maximum atomic E-state index is 12.1. The number of aryl methyl sites for hydroxylation is 1. The molecule has 2 rings (SSSR count). The molecule has 0 bridgehead atoms. The van der Waals surface area contributed by atoms with Crippen LogP contribution in [-0.2, 0) is 0 Å². The first kappa shape index (κ1) is 13.4. The van der Waals surface area contributed by atoms with Crippen molar-refractivity contribution in [2.75, 3.05) is 11.1 Å². The molecule has 0 spiro atoms. The van der Waals surface area contributed by atoms with Gasteiger partial charge >= 0.3 is 0 Å². The van der Waals surface area contributed by atoms with Crippen molar-refractivity contribution in [2.24, 2.45) is 0 Å². The number of carbonyl (C=O) groups is 1. The zero-order valence-electron chi connectivity index (χ0n) is 10.3. The first-order valence-electron chi connectivity index (χ1n) is 5.63. The SMILES string of the molecule is Cc1ccc(N)cc1NC(=O)c1cc(Br)ccc1O. The first-order valence-corrected chi connectivity index (χ1v) is 6.42. The molecular formula is C14H13BrN2O2. The highest BCUT2D eigenvalue weighted by molar-refractivity contribution is 9.10. The summed E-state index contributed by atoms with van der Waals surface area (Å²) in [6.07, 6.45) is 0. The summed E-state index contributed by atoms with van der Waals surface area (Å²) in [4.78, 5) is 12.1. The second kappa shape index (κ2) is 5.32. The molecule has 0 heterocycles. The van der Waals surface area contributed by atoms with Crippen LogP contribution in [0.15, 0.2) is 40.9 Å². The number of phenolic OH excluding ortho intramolecular Hbond substituents is 1. The predicted octanol–water partition coefficient (Wildman–Crippen LogP) is 3.30. The summed E-state index contributed by atoms with van der Waals surface area (Å²) in [5.74, 6) is -0.449. The Morgan fingerprint density at radius 2 is 2.00 bits per heavy atom. The van der Waals surface area contributed by atoms with Crippen molar-refractivity contribution in [1.82, 2.24) is 0 Å². The van der Waals surface area contributed by atoms with Crippen LogP contribution in [0, 0.1) is 6.92 Å². The van der Waals surface area contributed by atoms with Gasteiger partial charge in [-0.1, -0.05) is 22.0 Å². The summed E-state index contributed by atoms with van der Waals surface area (Å²) in [6.45, 7) is 1.87. The van der Waals surface area contributed by atoms with Gasteiger partial charge in [0.1, 0.15) is 5.75 Å². The van der Waals surface area contributed by atoms with Crippen molar-refractivity contribution < 1.29 is 9.90 Å². The van der Waals surface area contributed by atoms with E-state index in [0.29, 0.717) is 11.4 Å². The summed E-state index contributed by atoms with van der Waals surface area (Å²) in [6, 6.07) is 9.96. The molecule has 4 nitrogen and oxygen atoms in total. The minimum atomic E-state index is -0.382. The topological polar surface area (TPSA) is 75.3 Å². The number of benzene rings is 2. The highest BCUT2D eigenvalue weighted by Gasteiger charge is 2.12. The van der Waals surface area contributed by atoms with Crippen LogP contribution in [-0.4, -0.2) is 11.0 Å². The summed E-state index contributed by atoms with van der Waals surface area (Å²) in [7, 11) is 0. The van der Waals surface area contributed by atoms with E-state index in [1.54, 1.807) is 24.3 Å². The monoisotopic (exact) mass is 320 g/mol. The van der Waals surface area contributed by atoms with Gasteiger partial charge in [-0.15, -0.1) is 0 Å². The zero-order valence-corrected chi connectivity index (χ0v) is 11.9. The van der Waals surface area contributed by atoms with Gasteiger partial charge in [-0.25, -0.2) is 0 Å². The number of nitrogens with one attached hydrogen (secondary N) is 1. The van der Waals surface area contributed by atoms with E-state index >= 15 is 0 Å². The predicted molar refractivity (Wildman–Crippen MR) is 79.4 cm³/mol. The molecule has 0 fully saturated rings. The van der Waals surface area contributed by atoms with Gasteiger partial charge < -0.3 is 16.2 Å². The van der Waals surface area contributed by atoms with Crippen LogP contribution in [0.1, 0.15) is 15.9 Å². The molecule has 1 amide bonds. The zero-order chi connectivity index (χ0) is 14.0. The highest BCUT2D eigenvalue weighted by Crippen LogP contribution is 2.24. The summed E-state index contributed by atoms with van der Waals surface area (Å²) in [5, 5.41) is 12.4. The standard InChI is InChI=1S/C14H13BrN2O2/c1-8-2-4-10(16)7-12(8)17-14(19)11-6-9(15)3-5-13(11)18/h2-7,18H,16H2,1H3,(H,17,19). The van der Waals surface area contributed by atoms with E-state index in [2.05, 4.69) is 21.2 Å². The van der Waals surface area contributed by atoms with Crippen LogP contribution in [0.5, 0.6) is 5.75 Å². The summed E-state index contributed by atoms with van der Waals surface area (Å²) >= 11 is 3.27. The van der Waals surface area contributed by atoms with Gasteiger partial charge in [0.2, 0.25) is 0 Å². The van der Waals surface area contributed by atoms with Gasteiger partial charge in [0.05, 0.1) is 5.56 Å². The summed E-state index contributed by atoms with van der Waals surface area (Å²) in [5.41, 5.74) is 7.99. The van der Waals surface area contributed by atoms with E-state index in [4.69, 9.17) is 5.73 Å². The van der Waals surface area contributed by atoms with Gasteiger partial charge in [-0.2, -0.15) is 0 Å². The molecule has 0 atom stereocenters. The van der Waals surface area contributed by atoms with Crippen LogP contribution in [0.25, 0.3) is 0 Å². The molecule has 19 heavy (non-hydrogen) atoms. The number of nitrogen functional groups attached to an aromatic ring is 1. The van der Waals surface area contributed by atoms with Crippen LogP contribution >= 0.6 is 15.9 Å². The third-order valence-corrected chi connectivity index (χ3v) is 3.21. The fourth-order valence-corrected chi connectivity index (χ4v) is 2.02. The number of hydrogen-bond acceptors (Lipinski definition) is 3. The van der Waals surface area contributed by atoms with Crippen molar-refractivity contribution in [3.63, 3.8) is 0 Å². The van der Waals surface area contributed by atoms with E-state index in [1.807, 2.05) is 13.0 Å². The molecule has 5 heteroatoms. The maximum Gasteiger partial charge on any atom is 0.259 e. The minimum Gasteiger partial charge on any atom is -0.507 e. The molecule has 0 aliphatic carbocycles. The van der Waals surface area contributed by atoms with Crippen molar-refractivity contribution in [3.05, 3.63) is 52.0 Å². The van der Waals surface area contributed by atoms with Crippen molar-refractivity contribution >= 4 is 33.2 Å². The second-order valence-corrected chi connectivity index (χ2v) is 5.11. The molecule has 2 aromatic rings. The fraction of sp³-hybridized carbons (Fsp3) is 0.0714. The number of carbonyl (C=O) groups excluding carboxylic acids is 1. The van der Waals surface area contributed by atoms with Crippen LogP contribution in [0.2, 0.25) is 0 Å². The Hall–Kier alpha value is -2.01. The van der Waals surface area contributed by atoms with Crippen LogP contribution in [0.3, 0.4) is 0 Å². The molecule has 0 aliphatic heterocycles. The van der Waals surface area contributed by atoms with Crippen molar-refractivity contribution in [1.29, 1.82) is 0 Å². The lowest BCUT2D eigenvalue weighted by atomic mass is 10.1. The Morgan fingerprint density at radius 1 is 1.26 bits per heavy atom. The normalized spacial score (nSPS) is 10.2. The lowest BCUT2D eigenvalue weighted by Gasteiger charge is -2.10. The molecular weight excluding hydrogens is 308 g/mol. The average Bonchev–Trinajstić information content (AvgIpc) is 2.36. The van der Waals surface area contributed by atoms with Crippen molar-refractivity contribution in [2.45, 2.75) is 6.92 Å². The number of amides is 1. The number of hydrogen-bond donors (Lipinski definition) is 3. The van der Waals surface area contributed by atoms with Crippen LogP contribution in [0.4, 0.5) is 11.4 Å². The van der Waals surface area contributed by atoms with Crippen LogP contribution < -0.4 is 11.1 Å². The molecule has 2 aromatic carbocycles. The molecule has 0 saturated heterocycles. The van der Waals surface area contributed by atoms with Gasteiger partial charge in [0.25, 0.3) is 5.91 Å². The Kier molecular flexibility index (Phi) is 3.76. The number of rotatable bonds is 2. The van der Waals surface area contributed by atoms with Gasteiger partial charge in [-0.05, 0) is 42.8 Å². The molecule has 0 aliphatic rings. The summed E-state index contributed by atoms with van der Waals surface area (Å²) < 4.78 is 0.722. The second-order valence-electron chi connectivity index (χ2n) is 4.19. The molecule has 0 radical (unpaired) electrons. The molecule has 4 N–H and O–H groups in total. The van der Waals surface area contributed by atoms with E-state index in [-0.39, 0.29) is 17.2 Å². The van der Waals surface area contributed by atoms with E-state index in [9.17, 15) is 9.90 Å². The molecule has 0 aromatic heterocycles. The number of nitrogens with two attached hydrogens (primary N) is 1. The van der Waals surface area contributed by atoms with E-state index < -0.39 is 0 Å². The average molecular weight is 321 g/mol. The molecule has 0 saturated carbocycles. The Labute approximate surface area is 119 Å². The number of aromatic hydroxyl groups is 1. The largest absolute Gasteiger partial charge is 0.507 e. The van der Waals surface area contributed by atoms with Gasteiger partial charge in [0, 0.05) is 15.8 Å². The van der Waals surface area contributed by atoms with Gasteiger partial charge in [0.15, 0.2) is 0 Å². The maximum absolute atomic E-state index is 12.1. The third kappa shape index (κ3) is 3.06. The lowest BCUT2D eigenvalue weighted by Crippen LogP contribution is -2.13. The fourth-order valence-electron chi connectivity index (χ4n) is 1.65. The highest BCUT2D eigenvalue weighted by atomic mass is 79.9. The Balaban J connectivity index is 2.30. The number of halogens is 1. The van der Waals surface area contributed by atoms with E-state index in [1.165, 1.54) is 6.07 Å². The smallest absolute Gasteiger partial charge is 0.259 e. The minimum absolute atomic E-state index is 0.0674. The molecule has 0 unspecified atom stereocenters. The molecule has 98 valence electrons. The van der Waals surface area contributed by atoms with Gasteiger partial charge in [-0.3, -0.25) is 4.79 Å². The third-order valence-electron chi connectivity index (χ3n) is 2.71. The van der Waals surface area contributed by atoms with E-state index in [0.717, 1.165) is 10.0 Å². The number of anilines is 2. The lowest BCUT2D eigenvalue weighted by molar-refractivity contribution is 0.102. The quantitative estimate of drug-likeness (QED) is 0.743. The Bertz CT molecular complexity index is 641. The Morgan fingerprint density at radius 3 is 2.74 bits per heavy atom.